The van der Waals surface area contributed by atoms with Gasteiger partial charge in [0, 0.05) is 41.6 Å². The van der Waals surface area contributed by atoms with E-state index in [-0.39, 0.29) is 11.7 Å². The maximum absolute atomic E-state index is 13.9. The predicted molar refractivity (Wildman–Crippen MR) is 119 cm³/mol. The lowest BCUT2D eigenvalue weighted by Crippen LogP contribution is -2.48. The molecule has 1 aliphatic rings. The topological polar surface area (TPSA) is 48.5 Å². The fourth-order valence-corrected chi connectivity index (χ4v) is 4.30. The number of thiazole rings is 1. The first kappa shape index (κ1) is 20.0. The van der Waals surface area contributed by atoms with Gasteiger partial charge in [-0.25, -0.2) is 9.37 Å². The van der Waals surface area contributed by atoms with Gasteiger partial charge < -0.3 is 10.2 Å². The van der Waals surface area contributed by atoms with Crippen molar-refractivity contribution in [2.75, 3.05) is 42.9 Å². The van der Waals surface area contributed by atoms with Crippen LogP contribution in [0.3, 0.4) is 0 Å². The minimum Gasteiger partial charge on any atom is -0.367 e. The summed E-state index contributed by atoms with van der Waals surface area (Å²) in [7, 11) is 0. The van der Waals surface area contributed by atoms with Crippen LogP contribution in [0.1, 0.15) is 0 Å². The van der Waals surface area contributed by atoms with E-state index in [9.17, 15) is 9.18 Å². The van der Waals surface area contributed by atoms with Crippen molar-refractivity contribution in [2.45, 2.75) is 0 Å². The van der Waals surface area contributed by atoms with Crippen molar-refractivity contribution in [1.82, 2.24) is 9.88 Å². The third kappa shape index (κ3) is 5.01. The van der Waals surface area contributed by atoms with Crippen LogP contribution in [0.5, 0.6) is 0 Å². The van der Waals surface area contributed by atoms with Crippen LogP contribution in [-0.4, -0.2) is 48.5 Å². The molecule has 4 rings (SSSR count). The second-order valence-electron chi connectivity index (χ2n) is 6.81. The Hall–Kier alpha value is -2.29. The van der Waals surface area contributed by atoms with Crippen molar-refractivity contribution < 1.29 is 9.18 Å². The van der Waals surface area contributed by atoms with E-state index in [1.165, 1.54) is 17.4 Å². The zero-order chi connectivity index (χ0) is 20.2. The first-order valence-corrected chi connectivity index (χ1v) is 11.0. The van der Waals surface area contributed by atoms with Crippen LogP contribution in [0, 0.1) is 5.82 Å². The van der Waals surface area contributed by atoms with E-state index in [4.69, 9.17) is 0 Å². The molecule has 0 aliphatic carbocycles. The Balaban J connectivity index is 1.29. The molecule has 0 unspecified atom stereocenters. The van der Waals surface area contributed by atoms with E-state index >= 15 is 0 Å². The number of para-hydroxylation sites is 1. The number of halogens is 2. The summed E-state index contributed by atoms with van der Waals surface area (Å²) in [5.74, 6) is -0.287. The molecule has 0 saturated carbocycles. The molecule has 1 amide bonds. The zero-order valence-corrected chi connectivity index (χ0v) is 18.0. The van der Waals surface area contributed by atoms with E-state index in [2.05, 4.69) is 31.1 Å². The van der Waals surface area contributed by atoms with Crippen LogP contribution in [0.15, 0.2) is 58.4 Å². The summed E-state index contributed by atoms with van der Waals surface area (Å²) in [5, 5.41) is 5.42. The van der Waals surface area contributed by atoms with Gasteiger partial charge in [-0.15, -0.1) is 11.3 Å². The third-order valence-electron chi connectivity index (χ3n) is 4.82. The SMILES string of the molecule is O=C(CN1CCN(c2ccccc2F)CC1)Nc1nc(-c2ccc(Br)cc2)cs1. The lowest BCUT2D eigenvalue weighted by molar-refractivity contribution is -0.117. The van der Waals surface area contributed by atoms with Crippen LogP contribution in [0.4, 0.5) is 15.2 Å². The number of hydrogen-bond acceptors (Lipinski definition) is 5. The Morgan fingerprint density at radius 1 is 1.10 bits per heavy atom. The molecular weight excluding hydrogens is 455 g/mol. The minimum absolute atomic E-state index is 0.0824. The molecule has 2 heterocycles. The van der Waals surface area contributed by atoms with E-state index in [0.717, 1.165) is 15.7 Å². The molecule has 1 saturated heterocycles. The number of amides is 1. The molecule has 2 aromatic carbocycles. The van der Waals surface area contributed by atoms with Crippen molar-refractivity contribution in [3.63, 3.8) is 0 Å². The number of anilines is 2. The number of aromatic nitrogens is 1. The van der Waals surface area contributed by atoms with Gasteiger partial charge >= 0.3 is 0 Å². The van der Waals surface area contributed by atoms with Gasteiger partial charge in [0.05, 0.1) is 17.9 Å². The molecule has 150 valence electrons. The van der Waals surface area contributed by atoms with Crippen LogP contribution >= 0.6 is 27.3 Å². The molecule has 3 aromatic rings. The highest BCUT2D eigenvalue weighted by molar-refractivity contribution is 9.10. The molecule has 0 spiro atoms. The van der Waals surface area contributed by atoms with Crippen molar-refractivity contribution >= 4 is 44.0 Å². The Kier molecular flexibility index (Phi) is 6.22. The first-order valence-electron chi connectivity index (χ1n) is 9.31. The summed E-state index contributed by atoms with van der Waals surface area (Å²) in [5.41, 5.74) is 2.48. The highest BCUT2D eigenvalue weighted by Crippen LogP contribution is 2.26. The van der Waals surface area contributed by atoms with E-state index in [1.54, 1.807) is 12.1 Å². The number of hydrogen-bond donors (Lipinski definition) is 1. The number of piperazine rings is 1. The number of carbonyl (C=O) groups excluding carboxylic acids is 1. The van der Waals surface area contributed by atoms with E-state index < -0.39 is 0 Å². The maximum atomic E-state index is 13.9. The summed E-state index contributed by atoms with van der Waals surface area (Å²) in [4.78, 5) is 21.0. The second-order valence-corrected chi connectivity index (χ2v) is 8.58. The molecule has 0 radical (unpaired) electrons. The average Bonchev–Trinajstić information content (AvgIpc) is 3.18. The normalized spacial score (nSPS) is 14.8. The van der Waals surface area contributed by atoms with Crippen LogP contribution in [-0.2, 0) is 4.79 Å². The summed E-state index contributed by atoms with van der Waals surface area (Å²) >= 11 is 4.84. The maximum Gasteiger partial charge on any atom is 0.240 e. The standard InChI is InChI=1S/C21H20BrFN4OS/c22-16-7-5-15(6-8-16)18-14-29-21(24-18)25-20(28)13-26-9-11-27(12-10-26)19-4-2-1-3-17(19)23/h1-8,14H,9-13H2,(H,24,25,28). The van der Waals surface area contributed by atoms with Crippen molar-refractivity contribution in [3.05, 3.63) is 64.2 Å². The molecular formula is C21H20BrFN4OS. The molecule has 8 heteroatoms. The van der Waals surface area contributed by atoms with Crippen molar-refractivity contribution in [3.8, 4) is 11.3 Å². The van der Waals surface area contributed by atoms with Gasteiger partial charge in [0.15, 0.2) is 5.13 Å². The number of nitrogens with one attached hydrogen (secondary N) is 1. The van der Waals surface area contributed by atoms with Gasteiger partial charge in [-0.1, -0.05) is 40.2 Å². The molecule has 0 bridgehead atoms. The minimum atomic E-state index is -0.205. The molecule has 5 nitrogen and oxygen atoms in total. The van der Waals surface area contributed by atoms with E-state index in [0.29, 0.717) is 43.5 Å². The van der Waals surface area contributed by atoms with Crippen LogP contribution in [0.25, 0.3) is 11.3 Å². The number of nitrogens with zero attached hydrogens (tertiary/aromatic N) is 3. The molecule has 29 heavy (non-hydrogen) atoms. The van der Waals surface area contributed by atoms with Gasteiger partial charge in [0.2, 0.25) is 5.91 Å². The molecule has 1 aliphatic heterocycles. The van der Waals surface area contributed by atoms with Gasteiger partial charge in [0.25, 0.3) is 0 Å². The molecule has 1 fully saturated rings. The smallest absolute Gasteiger partial charge is 0.240 e. The fraction of sp³-hybridized carbons (Fsp3) is 0.238. The quantitative estimate of drug-likeness (QED) is 0.592. The number of carbonyl (C=O) groups is 1. The van der Waals surface area contributed by atoms with Gasteiger partial charge in [-0.05, 0) is 24.3 Å². The molecule has 0 atom stereocenters. The third-order valence-corrected chi connectivity index (χ3v) is 6.11. The number of benzene rings is 2. The fourth-order valence-electron chi connectivity index (χ4n) is 3.30. The summed E-state index contributed by atoms with van der Waals surface area (Å²) in [6.45, 7) is 3.12. The lowest BCUT2D eigenvalue weighted by Gasteiger charge is -2.35. The largest absolute Gasteiger partial charge is 0.367 e. The highest BCUT2D eigenvalue weighted by atomic mass is 79.9. The van der Waals surface area contributed by atoms with Gasteiger partial charge in [0.1, 0.15) is 5.82 Å². The average molecular weight is 475 g/mol. The first-order chi connectivity index (χ1) is 14.1. The van der Waals surface area contributed by atoms with Gasteiger partial charge in [-0.3, -0.25) is 9.69 Å². The summed E-state index contributed by atoms with van der Waals surface area (Å²) in [6, 6.07) is 14.7. The second kappa shape index (κ2) is 9.02. The highest BCUT2D eigenvalue weighted by Gasteiger charge is 2.21. The monoisotopic (exact) mass is 474 g/mol. The van der Waals surface area contributed by atoms with Crippen molar-refractivity contribution in [2.24, 2.45) is 0 Å². The number of rotatable bonds is 5. The lowest BCUT2D eigenvalue weighted by atomic mass is 10.2. The molecule has 1 N–H and O–H groups in total. The van der Waals surface area contributed by atoms with E-state index in [1.807, 2.05) is 40.6 Å². The summed E-state index contributed by atoms with van der Waals surface area (Å²) < 4.78 is 15.0. The zero-order valence-electron chi connectivity index (χ0n) is 15.6. The van der Waals surface area contributed by atoms with Crippen LogP contribution in [0.2, 0.25) is 0 Å². The van der Waals surface area contributed by atoms with Gasteiger partial charge in [-0.2, -0.15) is 0 Å². The Bertz CT molecular complexity index is 986. The Labute approximate surface area is 181 Å². The Morgan fingerprint density at radius 2 is 1.83 bits per heavy atom. The Morgan fingerprint density at radius 3 is 2.55 bits per heavy atom. The van der Waals surface area contributed by atoms with Crippen LogP contribution < -0.4 is 10.2 Å². The van der Waals surface area contributed by atoms with Crippen molar-refractivity contribution in [1.29, 1.82) is 0 Å². The summed E-state index contributed by atoms with van der Waals surface area (Å²) in [6.07, 6.45) is 0. The predicted octanol–water partition coefficient (Wildman–Crippen LogP) is 4.47. The molecule has 1 aromatic heterocycles.